The summed E-state index contributed by atoms with van der Waals surface area (Å²) in [4.78, 5) is 23.2. The number of furan rings is 1. The van der Waals surface area contributed by atoms with Gasteiger partial charge in [0.05, 0.1) is 18.5 Å². The predicted molar refractivity (Wildman–Crippen MR) is 81.4 cm³/mol. The second-order valence-corrected chi connectivity index (χ2v) is 4.73. The van der Waals surface area contributed by atoms with Crippen LogP contribution in [0, 0.1) is 0 Å². The molecule has 2 rings (SSSR count). The van der Waals surface area contributed by atoms with Crippen LogP contribution in [0.3, 0.4) is 0 Å². The van der Waals surface area contributed by atoms with Crippen LogP contribution in [0.15, 0.2) is 47.1 Å². The number of rotatable bonds is 6. The summed E-state index contributed by atoms with van der Waals surface area (Å²) >= 11 is 0. The standard InChI is InChI=1S/C16H18N2O4/c1-11(16(20)17-10-13-6-5-9-21-13)22-15-8-4-3-7-14(15)18-12(2)19/h3-9,11H,10H2,1-2H3,(H,17,20)(H,18,19)/t11-/m1/s1. The number of benzene rings is 1. The molecule has 0 spiro atoms. The van der Waals surface area contributed by atoms with Crippen LogP contribution in [-0.4, -0.2) is 17.9 Å². The number of hydrogen-bond acceptors (Lipinski definition) is 4. The monoisotopic (exact) mass is 302 g/mol. The third kappa shape index (κ3) is 4.37. The molecule has 6 heteroatoms. The first-order chi connectivity index (χ1) is 10.6. The van der Waals surface area contributed by atoms with E-state index in [0.29, 0.717) is 23.7 Å². The van der Waals surface area contributed by atoms with Crippen LogP contribution in [-0.2, 0) is 16.1 Å². The molecule has 0 aliphatic heterocycles. The van der Waals surface area contributed by atoms with Gasteiger partial charge in [0.15, 0.2) is 6.10 Å². The van der Waals surface area contributed by atoms with Crippen LogP contribution in [0.2, 0.25) is 0 Å². The number of carbonyl (C=O) groups excluding carboxylic acids is 2. The van der Waals surface area contributed by atoms with Gasteiger partial charge < -0.3 is 19.8 Å². The first-order valence-corrected chi connectivity index (χ1v) is 6.89. The largest absolute Gasteiger partial charge is 0.479 e. The topological polar surface area (TPSA) is 80.6 Å². The van der Waals surface area contributed by atoms with E-state index >= 15 is 0 Å². The van der Waals surface area contributed by atoms with E-state index in [0.717, 1.165) is 0 Å². The summed E-state index contributed by atoms with van der Waals surface area (Å²) in [5.74, 6) is 0.637. The maximum atomic E-state index is 12.0. The fourth-order valence-electron chi connectivity index (χ4n) is 1.84. The molecule has 0 aliphatic rings. The van der Waals surface area contributed by atoms with E-state index in [2.05, 4.69) is 10.6 Å². The molecule has 0 radical (unpaired) electrons. The number of carbonyl (C=O) groups is 2. The van der Waals surface area contributed by atoms with E-state index in [1.54, 1.807) is 49.6 Å². The summed E-state index contributed by atoms with van der Waals surface area (Å²) in [6.45, 7) is 3.35. The van der Waals surface area contributed by atoms with Gasteiger partial charge in [0, 0.05) is 6.92 Å². The first-order valence-electron chi connectivity index (χ1n) is 6.89. The molecule has 116 valence electrons. The van der Waals surface area contributed by atoms with Gasteiger partial charge in [-0.25, -0.2) is 0 Å². The lowest BCUT2D eigenvalue weighted by atomic mass is 10.2. The van der Waals surface area contributed by atoms with Crippen molar-refractivity contribution in [3.63, 3.8) is 0 Å². The van der Waals surface area contributed by atoms with Crippen molar-refractivity contribution in [1.82, 2.24) is 5.32 Å². The van der Waals surface area contributed by atoms with Crippen LogP contribution in [0.4, 0.5) is 5.69 Å². The molecule has 2 N–H and O–H groups in total. The molecule has 6 nitrogen and oxygen atoms in total. The lowest BCUT2D eigenvalue weighted by molar-refractivity contribution is -0.127. The normalized spacial score (nSPS) is 11.5. The van der Waals surface area contributed by atoms with Gasteiger partial charge in [0.2, 0.25) is 5.91 Å². The van der Waals surface area contributed by atoms with E-state index in [9.17, 15) is 9.59 Å². The molecule has 0 bridgehead atoms. The Kier molecular flexibility index (Phi) is 5.19. The number of hydrogen-bond donors (Lipinski definition) is 2. The van der Waals surface area contributed by atoms with E-state index in [-0.39, 0.29) is 11.8 Å². The zero-order chi connectivity index (χ0) is 15.9. The van der Waals surface area contributed by atoms with Crippen molar-refractivity contribution >= 4 is 17.5 Å². The van der Waals surface area contributed by atoms with E-state index in [4.69, 9.17) is 9.15 Å². The molecule has 1 aromatic heterocycles. The number of amides is 2. The van der Waals surface area contributed by atoms with Gasteiger partial charge in [-0.15, -0.1) is 0 Å². The minimum atomic E-state index is -0.704. The molecular formula is C16H18N2O4. The Labute approximate surface area is 128 Å². The molecule has 0 saturated heterocycles. The van der Waals surface area contributed by atoms with E-state index in [1.807, 2.05) is 0 Å². The van der Waals surface area contributed by atoms with Gasteiger partial charge in [-0.2, -0.15) is 0 Å². The number of ether oxygens (including phenoxy) is 1. The highest BCUT2D eigenvalue weighted by atomic mass is 16.5. The average molecular weight is 302 g/mol. The molecule has 2 amide bonds. The van der Waals surface area contributed by atoms with Crippen molar-refractivity contribution < 1.29 is 18.7 Å². The molecule has 22 heavy (non-hydrogen) atoms. The number of nitrogens with one attached hydrogen (secondary N) is 2. The molecule has 0 saturated carbocycles. The van der Waals surface area contributed by atoms with Crippen LogP contribution < -0.4 is 15.4 Å². The fraction of sp³-hybridized carbons (Fsp3) is 0.250. The van der Waals surface area contributed by atoms with Gasteiger partial charge >= 0.3 is 0 Å². The minimum absolute atomic E-state index is 0.203. The highest BCUT2D eigenvalue weighted by Gasteiger charge is 2.16. The smallest absolute Gasteiger partial charge is 0.261 e. The van der Waals surface area contributed by atoms with Crippen LogP contribution in [0.5, 0.6) is 5.75 Å². The van der Waals surface area contributed by atoms with Crippen molar-refractivity contribution in [3.05, 3.63) is 48.4 Å². The van der Waals surface area contributed by atoms with Crippen LogP contribution in [0.25, 0.3) is 0 Å². The minimum Gasteiger partial charge on any atom is -0.479 e. The number of para-hydroxylation sites is 2. The Morgan fingerprint density at radius 3 is 2.68 bits per heavy atom. The highest BCUT2D eigenvalue weighted by Crippen LogP contribution is 2.24. The van der Waals surface area contributed by atoms with Crippen LogP contribution in [0.1, 0.15) is 19.6 Å². The lowest BCUT2D eigenvalue weighted by Crippen LogP contribution is -2.36. The van der Waals surface area contributed by atoms with Crippen molar-refractivity contribution in [2.24, 2.45) is 0 Å². The zero-order valence-corrected chi connectivity index (χ0v) is 12.5. The van der Waals surface area contributed by atoms with E-state index in [1.165, 1.54) is 6.92 Å². The molecule has 0 fully saturated rings. The van der Waals surface area contributed by atoms with Crippen molar-refractivity contribution in [2.45, 2.75) is 26.5 Å². The molecule has 0 unspecified atom stereocenters. The molecule has 2 aromatic rings. The maximum Gasteiger partial charge on any atom is 0.261 e. The lowest BCUT2D eigenvalue weighted by Gasteiger charge is -2.17. The summed E-state index contributed by atoms with van der Waals surface area (Å²) in [5.41, 5.74) is 0.528. The summed E-state index contributed by atoms with van der Waals surface area (Å²) in [6, 6.07) is 10.5. The Morgan fingerprint density at radius 1 is 1.23 bits per heavy atom. The zero-order valence-electron chi connectivity index (χ0n) is 12.5. The van der Waals surface area contributed by atoms with Gasteiger partial charge in [0.1, 0.15) is 11.5 Å². The second kappa shape index (κ2) is 7.31. The Morgan fingerprint density at radius 2 is 2.00 bits per heavy atom. The van der Waals surface area contributed by atoms with Gasteiger partial charge in [-0.3, -0.25) is 9.59 Å². The highest BCUT2D eigenvalue weighted by molar-refractivity contribution is 5.90. The second-order valence-electron chi connectivity index (χ2n) is 4.73. The molecular weight excluding hydrogens is 284 g/mol. The Bertz CT molecular complexity index is 637. The predicted octanol–water partition coefficient (Wildman–Crippen LogP) is 2.32. The van der Waals surface area contributed by atoms with E-state index < -0.39 is 6.10 Å². The quantitative estimate of drug-likeness (QED) is 0.858. The summed E-state index contributed by atoms with van der Waals surface area (Å²) < 4.78 is 10.8. The third-order valence-corrected chi connectivity index (χ3v) is 2.89. The molecule has 1 atom stereocenters. The van der Waals surface area contributed by atoms with Crippen molar-refractivity contribution in [3.8, 4) is 5.75 Å². The Balaban J connectivity index is 1.94. The maximum absolute atomic E-state index is 12.0. The van der Waals surface area contributed by atoms with Crippen LogP contribution >= 0.6 is 0 Å². The fourth-order valence-corrected chi connectivity index (χ4v) is 1.84. The first kappa shape index (κ1) is 15.6. The summed E-state index contributed by atoms with van der Waals surface area (Å²) in [6.07, 6.45) is 0.843. The Hall–Kier alpha value is -2.76. The van der Waals surface area contributed by atoms with Gasteiger partial charge in [0.25, 0.3) is 5.91 Å². The SMILES string of the molecule is CC(=O)Nc1ccccc1O[C@H](C)C(=O)NCc1ccco1. The van der Waals surface area contributed by atoms with Crippen molar-refractivity contribution in [1.29, 1.82) is 0 Å². The molecule has 1 heterocycles. The molecule has 0 aliphatic carbocycles. The van der Waals surface area contributed by atoms with Gasteiger partial charge in [-0.05, 0) is 31.2 Å². The summed E-state index contributed by atoms with van der Waals surface area (Å²) in [7, 11) is 0. The molecule has 1 aromatic carbocycles. The average Bonchev–Trinajstić information content (AvgIpc) is 2.99. The van der Waals surface area contributed by atoms with Crippen molar-refractivity contribution in [2.75, 3.05) is 5.32 Å². The third-order valence-electron chi connectivity index (χ3n) is 2.89. The number of anilines is 1. The van der Waals surface area contributed by atoms with Gasteiger partial charge in [-0.1, -0.05) is 12.1 Å². The summed E-state index contributed by atoms with van der Waals surface area (Å²) in [5, 5.41) is 5.38.